The molecule has 0 aliphatic heterocycles. The summed E-state index contributed by atoms with van der Waals surface area (Å²) >= 11 is 0. The quantitative estimate of drug-likeness (QED) is 0.795. The van der Waals surface area contributed by atoms with Gasteiger partial charge in [0.2, 0.25) is 0 Å². The maximum Gasteiger partial charge on any atom is 0.0718 e. The number of para-hydroxylation sites is 1. The molecular weight excluding hydrogens is 258 g/mol. The van der Waals surface area contributed by atoms with Crippen LogP contribution in [-0.4, -0.2) is 22.4 Å². The number of hydrogen-bond donors (Lipinski definition) is 1. The van der Waals surface area contributed by atoms with Gasteiger partial charge in [-0.15, -0.1) is 0 Å². The first kappa shape index (κ1) is 16.0. The fraction of sp³-hybridized carbons (Fsp3) is 0.611. The average molecular weight is 287 g/mol. The Morgan fingerprint density at radius 1 is 1.19 bits per heavy atom. The Labute approximate surface area is 128 Å². The molecule has 0 aliphatic carbocycles. The zero-order chi connectivity index (χ0) is 15.2. The lowest BCUT2D eigenvalue weighted by atomic mass is 9.95. The summed E-state index contributed by atoms with van der Waals surface area (Å²) in [6.45, 7) is 10.9. The van der Waals surface area contributed by atoms with Crippen LogP contribution >= 0.6 is 0 Å². The molecule has 0 amide bonds. The van der Waals surface area contributed by atoms with E-state index in [9.17, 15) is 0 Å². The van der Waals surface area contributed by atoms with Crippen molar-refractivity contribution in [2.45, 2.75) is 59.5 Å². The van der Waals surface area contributed by atoms with Crippen LogP contribution in [0.1, 0.15) is 46.2 Å². The standard InChI is InChI=1S/C18H29N3/c1-5-14(4)12-15(19-6-2)13-17-16-10-8-9-11-18(16)21(7-3)20-17/h8-11,14-15,19H,5-7,12-13H2,1-4H3. The van der Waals surface area contributed by atoms with Gasteiger partial charge in [-0.05, 0) is 31.9 Å². The van der Waals surface area contributed by atoms with Gasteiger partial charge in [-0.3, -0.25) is 4.68 Å². The fourth-order valence-corrected chi connectivity index (χ4v) is 3.00. The third-order valence-electron chi connectivity index (χ3n) is 4.35. The Balaban J connectivity index is 2.23. The smallest absolute Gasteiger partial charge is 0.0718 e. The number of hydrogen-bond acceptors (Lipinski definition) is 2. The van der Waals surface area contributed by atoms with Crippen LogP contribution < -0.4 is 5.32 Å². The summed E-state index contributed by atoms with van der Waals surface area (Å²) in [6.07, 6.45) is 3.48. The number of likely N-dealkylation sites (N-methyl/N-ethyl adjacent to an activating group) is 1. The summed E-state index contributed by atoms with van der Waals surface area (Å²) in [7, 11) is 0. The van der Waals surface area contributed by atoms with E-state index in [0.29, 0.717) is 6.04 Å². The van der Waals surface area contributed by atoms with Crippen molar-refractivity contribution in [1.82, 2.24) is 15.1 Å². The van der Waals surface area contributed by atoms with Crippen molar-refractivity contribution < 1.29 is 0 Å². The van der Waals surface area contributed by atoms with Crippen LogP contribution in [0.25, 0.3) is 10.9 Å². The van der Waals surface area contributed by atoms with Crippen molar-refractivity contribution in [2.24, 2.45) is 5.92 Å². The van der Waals surface area contributed by atoms with Gasteiger partial charge in [0.1, 0.15) is 0 Å². The molecule has 0 spiro atoms. The Morgan fingerprint density at radius 2 is 1.95 bits per heavy atom. The Bertz CT molecular complexity index is 559. The molecule has 0 fully saturated rings. The van der Waals surface area contributed by atoms with Crippen LogP contribution in [0.2, 0.25) is 0 Å². The highest BCUT2D eigenvalue weighted by Crippen LogP contribution is 2.21. The molecule has 0 radical (unpaired) electrons. The highest BCUT2D eigenvalue weighted by Gasteiger charge is 2.16. The Kier molecular flexibility index (Phi) is 5.80. The van der Waals surface area contributed by atoms with E-state index in [0.717, 1.165) is 25.4 Å². The second-order valence-electron chi connectivity index (χ2n) is 5.99. The molecule has 0 saturated carbocycles. The van der Waals surface area contributed by atoms with E-state index in [2.05, 4.69) is 62.0 Å². The van der Waals surface area contributed by atoms with Crippen LogP contribution in [0.5, 0.6) is 0 Å². The maximum absolute atomic E-state index is 4.84. The van der Waals surface area contributed by atoms with E-state index < -0.39 is 0 Å². The number of aromatic nitrogens is 2. The Morgan fingerprint density at radius 3 is 2.62 bits per heavy atom. The van der Waals surface area contributed by atoms with Gasteiger partial charge >= 0.3 is 0 Å². The molecule has 1 aromatic heterocycles. The number of fused-ring (bicyclic) bond motifs is 1. The van der Waals surface area contributed by atoms with Gasteiger partial charge in [0.25, 0.3) is 0 Å². The average Bonchev–Trinajstić information content (AvgIpc) is 2.85. The molecule has 21 heavy (non-hydrogen) atoms. The molecule has 2 unspecified atom stereocenters. The topological polar surface area (TPSA) is 29.9 Å². The number of nitrogens with one attached hydrogen (secondary N) is 1. The number of rotatable bonds is 8. The summed E-state index contributed by atoms with van der Waals surface area (Å²) in [5.74, 6) is 0.758. The summed E-state index contributed by atoms with van der Waals surface area (Å²) in [6, 6.07) is 9.11. The number of nitrogens with zero attached hydrogens (tertiary/aromatic N) is 2. The minimum Gasteiger partial charge on any atom is -0.314 e. The molecule has 0 aliphatic rings. The van der Waals surface area contributed by atoms with E-state index in [1.165, 1.54) is 29.4 Å². The third kappa shape index (κ3) is 3.85. The predicted molar refractivity (Wildman–Crippen MR) is 90.6 cm³/mol. The van der Waals surface area contributed by atoms with Gasteiger partial charge < -0.3 is 5.32 Å². The van der Waals surface area contributed by atoms with Gasteiger partial charge in [0.15, 0.2) is 0 Å². The van der Waals surface area contributed by atoms with Crippen LogP contribution in [0.3, 0.4) is 0 Å². The lowest BCUT2D eigenvalue weighted by molar-refractivity contribution is 0.394. The van der Waals surface area contributed by atoms with Crippen molar-refractivity contribution in [3.63, 3.8) is 0 Å². The fourth-order valence-electron chi connectivity index (χ4n) is 3.00. The minimum absolute atomic E-state index is 0.522. The van der Waals surface area contributed by atoms with Crippen molar-refractivity contribution >= 4 is 10.9 Å². The lowest BCUT2D eigenvalue weighted by Crippen LogP contribution is -2.32. The summed E-state index contributed by atoms with van der Waals surface area (Å²) in [5, 5.41) is 9.79. The van der Waals surface area contributed by atoms with E-state index in [-0.39, 0.29) is 0 Å². The van der Waals surface area contributed by atoms with Crippen molar-refractivity contribution in [2.75, 3.05) is 6.54 Å². The third-order valence-corrected chi connectivity index (χ3v) is 4.35. The minimum atomic E-state index is 0.522. The molecule has 1 heterocycles. The molecule has 2 atom stereocenters. The van der Waals surface area contributed by atoms with Gasteiger partial charge in [0.05, 0.1) is 11.2 Å². The van der Waals surface area contributed by atoms with Crippen molar-refractivity contribution in [1.29, 1.82) is 0 Å². The Hall–Kier alpha value is -1.35. The molecule has 3 nitrogen and oxygen atoms in total. The largest absolute Gasteiger partial charge is 0.314 e. The molecule has 116 valence electrons. The highest BCUT2D eigenvalue weighted by atomic mass is 15.3. The normalized spacial score (nSPS) is 14.5. The molecule has 0 saturated heterocycles. The van der Waals surface area contributed by atoms with Crippen LogP contribution in [-0.2, 0) is 13.0 Å². The molecule has 3 heteroatoms. The predicted octanol–water partition coefficient (Wildman–Crippen LogP) is 4.01. The zero-order valence-corrected chi connectivity index (χ0v) is 13.9. The van der Waals surface area contributed by atoms with Gasteiger partial charge in [-0.2, -0.15) is 5.10 Å². The first-order chi connectivity index (χ1) is 10.2. The monoisotopic (exact) mass is 287 g/mol. The van der Waals surface area contributed by atoms with Gasteiger partial charge in [-0.1, -0.05) is 45.4 Å². The van der Waals surface area contributed by atoms with E-state index in [1.54, 1.807) is 0 Å². The highest BCUT2D eigenvalue weighted by molar-refractivity contribution is 5.82. The molecule has 1 aromatic carbocycles. The molecule has 0 bridgehead atoms. The molecule has 1 N–H and O–H groups in total. The van der Waals surface area contributed by atoms with E-state index in [4.69, 9.17) is 5.10 Å². The lowest BCUT2D eigenvalue weighted by Gasteiger charge is -2.20. The van der Waals surface area contributed by atoms with E-state index in [1.807, 2.05) is 0 Å². The van der Waals surface area contributed by atoms with Crippen molar-refractivity contribution in [3.05, 3.63) is 30.0 Å². The van der Waals surface area contributed by atoms with Crippen LogP contribution in [0, 0.1) is 5.92 Å². The van der Waals surface area contributed by atoms with Crippen molar-refractivity contribution in [3.8, 4) is 0 Å². The summed E-state index contributed by atoms with van der Waals surface area (Å²) in [5.41, 5.74) is 2.50. The number of aryl methyl sites for hydroxylation is 1. The zero-order valence-electron chi connectivity index (χ0n) is 13.9. The first-order valence-electron chi connectivity index (χ1n) is 8.37. The number of benzene rings is 1. The first-order valence-corrected chi connectivity index (χ1v) is 8.37. The molecule has 2 aromatic rings. The van der Waals surface area contributed by atoms with Crippen LogP contribution in [0.15, 0.2) is 24.3 Å². The summed E-state index contributed by atoms with van der Waals surface area (Å²) < 4.78 is 2.12. The SMILES string of the molecule is CCNC(Cc1nn(CC)c2ccccc12)CC(C)CC. The second-order valence-corrected chi connectivity index (χ2v) is 5.99. The molecular formula is C18H29N3. The summed E-state index contributed by atoms with van der Waals surface area (Å²) in [4.78, 5) is 0. The maximum atomic E-state index is 4.84. The van der Waals surface area contributed by atoms with Crippen LogP contribution in [0.4, 0.5) is 0 Å². The van der Waals surface area contributed by atoms with Gasteiger partial charge in [-0.25, -0.2) is 0 Å². The second kappa shape index (κ2) is 7.60. The van der Waals surface area contributed by atoms with Gasteiger partial charge in [0, 0.05) is 24.4 Å². The van der Waals surface area contributed by atoms with E-state index >= 15 is 0 Å². The molecule has 2 rings (SSSR count).